The number of carbonyl (C=O) groups is 2. The van der Waals surface area contributed by atoms with E-state index in [1.165, 1.54) is 6.42 Å². The Morgan fingerprint density at radius 2 is 1.71 bits per heavy atom. The van der Waals surface area contributed by atoms with Crippen LogP contribution in [0.2, 0.25) is 0 Å². The van der Waals surface area contributed by atoms with Crippen LogP contribution in [0, 0.1) is 0 Å². The topological polar surface area (TPSA) is 80.3 Å². The minimum Gasteiger partial charge on any atom is -0.497 e. The summed E-state index contributed by atoms with van der Waals surface area (Å²) in [5, 5.41) is 2.99. The summed E-state index contributed by atoms with van der Waals surface area (Å²) in [5.74, 6) is 0.754. The lowest BCUT2D eigenvalue weighted by molar-refractivity contribution is -0.139. The van der Waals surface area contributed by atoms with Gasteiger partial charge in [0.25, 0.3) is 0 Å². The van der Waals surface area contributed by atoms with Gasteiger partial charge in [-0.15, -0.1) is 0 Å². The number of nitrogens with one attached hydrogen (secondary N) is 1. The molecule has 1 aromatic carbocycles. The van der Waals surface area contributed by atoms with E-state index in [0.717, 1.165) is 25.9 Å². The molecule has 3 rings (SSSR count). The van der Waals surface area contributed by atoms with E-state index in [1.807, 2.05) is 19.1 Å². The van der Waals surface area contributed by atoms with Gasteiger partial charge in [-0.1, -0.05) is 6.42 Å². The van der Waals surface area contributed by atoms with Crippen molar-refractivity contribution in [1.29, 1.82) is 0 Å². The quantitative estimate of drug-likeness (QED) is 0.637. The normalized spacial score (nSPS) is 19.8. The molecule has 0 aromatic heterocycles. The molecule has 1 aromatic rings. The molecule has 8 heteroatoms. The zero-order valence-corrected chi connectivity index (χ0v) is 18.9. The predicted octanol–water partition coefficient (Wildman–Crippen LogP) is 3.09. The average molecular weight is 432 g/mol. The smallest absolute Gasteiger partial charge is 0.338 e. The molecule has 1 saturated heterocycles. The molecule has 1 N–H and O–H groups in total. The van der Waals surface area contributed by atoms with Gasteiger partial charge in [-0.3, -0.25) is 9.80 Å². The number of amides is 2. The number of urea groups is 1. The second-order valence-electron chi connectivity index (χ2n) is 7.69. The number of benzene rings is 1. The minimum atomic E-state index is -0.654. The van der Waals surface area contributed by atoms with Crippen molar-refractivity contribution in [2.45, 2.75) is 39.2 Å². The highest BCUT2D eigenvalue weighted by molar-refractivity contribution is 5.95. The van der Waals surface area contributed by atoms with Crippen molar-refractivity contribution in [3.05, 3.63) is 35.0 Å². The molecule has 2 aliphatic heterocycles. The molecule has 0 spiro atoms. The van der Waals surface area contributed by atoms with E-state index in [4.69, 9.17) is 14.2 Å². The van der Waals surface area contributed by atoms with E-state index in [2.05, 4.69) is 10.2 Å². The van der Waals surface area contributed by atoms with Crippen molar-refractivity contribution in [3.8, 4) is 11.5 Å². The average Bonchev–Trinajstić information content (AvgIpc) is 2.79. The van der Waals surface area contributed by atoms with Crippen LogP contribution in [0.15, 0.2) is 29.5 Å². The number of likely N-dealkylation sites (tertiary alicyclic amines) is 1. The van der Waals surface area contributed by atoms with Gasteiger partial charge < -0.3 is 19.5 Å². The molecule has 170 valence electrons. The monoisotopic (exact) mass is 431 g/mol. The van der Waals surface area contributed by atoms with Crippen molar-refractivity contribution in [3.63, 3.8) is 0 Å². The summed E-state index contributed by atoms with van der Waals surface area (Å²) < 4.78 is 16.2. The first kappa shape index (κ1) is 22.9. The maximum atomic E-state index is 13.2. The number of hydrogen-bond acceptors (Lipinski definition) is 6. The first-order chi connectivity index (χ1) is 15.0. The van der Waals surface area contributed by atoms with Crippen LogP contribution in [-0.4, -0.2) is 68.8 Å². The van der Waals surface area contributed by atoms with Crippen LogP contribution in [0.1, 0.15) is 44.7 Å². The van der Waals surface area contributed by atoms with Gasteiger partial charge in [-0.05, 0) is 57.5 Å². The first-order valence-corrected chi connectivity index (χ1v) is 11.0. The molecule has 1 fully saturated rings. The second kappa shape index (κ2) is 10.5. The Kier molecular flexibility index (Phi) is 7.79. The van der Waals surface area contributed by atoms with Crippen molar-refractivity contribution >= 4 is 12.0 Å². The summed E-state index contributed by atoms with van der Waals surface area (Å²) in [4.78, 5) is 30.2. The van der Waals surface area contributed by atoms with Gasteiger partial charge in [0.15, 0.2) is 0 Å². The number of methoxy groups -OCH3 is 2. The molecule has 1 atom stereocenters. The minimum absolute atomic E-state index is 0.227. The fourth-order valence-corrected chi connectivity index (χ4v) is 4.23. The molecular weight excluding hydrogens is 398 g/mol. The van der Waals surface area contributed by atoms with Crippen LogP contribution in [0.5, 0.6) is 11.5 Å². The Bertz CT molecular complexity index is 810. The number of esters is 1. The summed E-state index contributed by atoms with van der Waals surface area (Å²) in [5.41, 5.74) is 1.88. The standard InChI is InChI=1S/C23H33N3O5/c1-5-26-19(15-25-10-8-7-9-11-25)20(22(27)31-6-2)21(24-23(26)28)16-12-17(29-3)14-18(13-16)30-4/h12-14,21H,5-11,15H2,1-4H3,(H,24,28)/t21-/m1/s1. The maximum absolute atomic E-state index is 13.2. The third-order valence-corrected chi connectivity index (χ3v) is 5.78. The summed E-state index contributed by atoms with van der Waals surface area (Å²) in [6.45, 7) is 6.86. The molecule has 2 amide bonds. The van der Waals surface area contributed by atoms with Crippen molar-refractivity contribution in [2.24, 2.45) is 0 Å². The Hall–Kier alpha value is -2.74. The summed E-state index contributed by atoms with van der Waals surface area (Å²) in [6, 6.07) is 4.50. The molecule has 2 aliphatic rings. The number of ether oxygens (including phenoxy) is 3. The van der Waals surface area contributed by atoms with Crippen LogP contribution >= 0.6 is 0 Å². The Labute approximate surface area is 184 Å². The third kappa shape index (κ3) is 5.12. The fourth-order valence-electron chi connectivity index (χ4n) is 4.23. The van der Waals surface area contributed by atoms with E-state index >= 15 is 0 Å². The first-order valence-electron chi connectivity index (χ1n) is 11.0. The predicted molar refractivity (Wildman–Crippen MR) is 117 cm³/mol. The van der Waals surface area contributed by atoms with E-state index in [0.29, 0.717) is 41.4 Å². The molecule has 31 heavy (non-hydrogen) atoms. The number of nitrogens with zero attached hydrogens (tertiary/aromatic N) is 2. The SMILES string of the molecule is CCOC(=O)C1=C(CN2CCCCC2)N(CC)C(=O)N[C@@H]1c1cc(OC)cc(OC)c1. The molecule has 0 saturated carbocycles. The van der Waals surface area contributed by atoms with Gasteiger partial charge in [0.2, 0.25) is 0 Å². The van der Waals surface area contributed by atoms with Crippen molar-refractivity contribution < 1.29 is 23.8 Å². The number of hydrogen-bond donors (Lipinski definition) is 1. The highest BCUT2D eigenvalue weighted by Gasteiger charge is 2.38. The Balaban J connectivity index is 2.12. The molecular formula is C23H33N3O5. The van der Waals surface area contributed by atoms with Crippen LogP contribution in [-0.2, 0) is 9.53 Å². The number of piperidine rings is 1. The lowest BCUT2D eigenvalue weighted by Gasteiger charge is -2.39. The van der Waals surface area contributed by atoms with E-state index in [-0.39, 0.29) is 12.6 Å². The summed E-state index contributed by atoms with van der Waals surface area (Å²) >= 11 is 0. The third-order valence-electron chi connectivity index (χ3n) is 5.78. The zero-order chi connectivity index (χ0) is 22.4. The second-order valence-corrected chi connectivity index (χ2v) is 7.69. The Morgan fingerprint density at radius 1 is 1.06 bits per heavy atom. The zero-order valence-electron chi connectivity index (χ0n) is 18.9. The molecule has 0 unspecified atom stereocenters. The van der Waals surface area contributed by atoms with Crippen LogP contribution in [0.3, 0.4) is 0 Å². The molecule has 0 aliphatic carbocycles. The molecule has 0 radical (unpaired) electrons. The molecule has 8 nitrogen and oxygen atoms in total. The van der Waals surface area contributed by atoms with E-state index < -0.39 is 12.0 Å². The summed E-state index contributed by atoms with van der Waals surface area (Å²) in [6.07, 6.45) is 3.46. The summed E-state index contributed by atoms with van der Waals surface area (Å²) in [7, 11) is 3.14. The molecule has 0 bridgehead atoms. The van der Waals surface area contributed by atoms with Crippen molar-refractivity contribution in [2.75, 3.05) is 47.0 Å². The largest absolute Gasteiger partial charge is 0.497 e. The van der Waals surface area contributed by atoms with Crippen LogP contribution in [0.4, 0.5) is 4.79 Å². The van der Waals surface area contributed by atoms with E-state index in [9.17, 15) is 9.59 Å². The van der Waals surface area contributed by atoms with Gasteiger partial charge in [0, 0.05) is 24.9 Å². The van der Waals surface area contributed by atoms with Gasteiger partial charge in [0.05, 0.1) is 32.4 Å². The Morgan fingerprint density at radius 3 is 2.26 bits per heavy atom. The van der Waals surface area contributed by atoms with Gasteiger partial charge in [-0.25, -0.2) is 9.59 Å². The number of rotatable bonds is 8. The van der Waals surface area contributed by atoms with Crippen LogP contribution < -0.4 is 14.8 Å². The van der Waals surface area contributed by atoms with Gasteiger partial charge in [-0.2, -0.15) is 0 Å². The highest BCUT2D eigenvalue weighted by atomic mass is 16.5. The highest BCUT2D eigenvalue weighted by Crippen LogP contribution is 2.35. The van der Waals surface area contributed by atoms with Gasteiger partial charge >= 0.3 is 12.0 Å². The van der Waals surface area contributed by atoms with E-state index in [1.54, 1.807) is 32.1 Å². The lowest BCUT2D eigenvalue weighted by atomic mass is 9.93. The number of carbonyl (C=O) groups excluding carboxylic acids is 2. The maximum Gasteiger partial charge on any atom is 0.338 e. The fraction of sp³-hybridized carbons (Fsp3) is 0.565. The van der Waals surface area contributed by atoms with Crippen LogP contribution in [0.25, 0.3) is 0 Å². The number of likely N-dealkylation sites (N-methyl/N-ethyl adjacent to an activating group) is 1. The van der Waals surface area contributed by atoms with Gasteiger partial charge in [0.1, 0.15) is 11.5 Å². The van der Waals surface area contributed by atoms with Crippen molar-refractivity contribution in [1.82, 2.24) is 15.1 Å². The lowest BCUT2D eigenvalue weighted by Crippen LogP contribution is -2.51. The molecule has 2 heterocycles.